The number of non-ortho nitro benzene ring substituents is 1. The van der Waals surface area contributed by atoms with Crippen LogP contribution in [0.15, 0.2) is 48.5 Å². The molecule has 0 amide bonds. The lowest BCUT2D eigenvalue weighted by Crippen LogP contribution is -2.46. The molecular weight excluding hydrogens is 312 g/mol. The summed E-state index contributed by atoms with van der Waals surface area (Å²) in [7, 11) is 0. The van der Waals surface area contributed by atoms with E-state index in [2.05, 4.69) is 4.90 Å². The van der Waals surface area contributed by atoms with Crippen LogP contribution in [0.5, 0.6) is 0 Å². The maximum Gasteiger partial charge on any atom is 0.292 e. The quantitative estimate of drug-likeness (QED) is 0.633. The lowest BCUT2D eigenvalue weighted by Gasteiger charge is -2.37. The van der Waals surface area contributed by atoms with Crippen molar-refractivity contribution in [3.8, 4) is 0 Å². The van der Waals surface area contributed by atoms with Gasteiger partial charge in [0.1, 0.15) is 5.69 Å². The molecule has 0 radical (unpaired) electrons. The predicted octanol–water partition coefficient (Wildman–Crippen LogP) is 2.83. The normalized spacial score (nSPS) is 14.5. The predicted molar refractivity (Wildman–Crippen MR) is 90.6 cm³/mol. The molecule has 1 heterocycles. The van der Waals surface area contributed by atoms with Crippen LogP contribution >= 0.6 is 0 Å². The summed E-state index contributed by atoms with van der Waals surface area (Å²) in [5.74, 6) is 0. The molecule has 8 heteroatoms. The van der Waals surface area contributed by atoms with Crippen LogP contribution in [0.25, 0.3) is 0 Å². The van der Waals surface area contributed by atoms with Gasteiger partial charge in [-0.15, -0.1) is 0 Å². The highest BCUT2D eigenvalue weighted by molar-refractivity contribution is 5.64. The van der Waals surface area contributed by atoms with Crippen molar-refractivity contribution >= 4 is 22.7 Å². The first-order valence-electron chi connectivity index (χ1n) is 7.54. The maximum atomic E-state index is 11.2. The van der Waals surface area contributed by atoms with Crippen LogP contribution < -0.4 is 9.80 Å². The minimum absolute atomic E-state index is 0.0669. The smallest absolute Gasteiger partial charge is 0.292 e. The van der Waals surface area contributed by atoms with Crippen molar-refractivity contribution in [2.45, 2.75) is 0 Å². The Balaban J connectivity index is 1.70. The van der Waals surface area contributed by atoms with Gasteiger partial charge in [-0.25, -0.2) is 0 Å². The zero-order valence-corrected chi connectivity index (χ0v) is 12.9. The van der Waals surface area contributed by atoms with Gasteiger partial charge in [0.25, 0.3) is 11.4 Å². The highest BCUT2D eigenvalue weighted by Crippen LogP contribution is 2.29. The summed E-state index contributed by atoms with van der Waals surface area (Å²) in [6.45, 7) is 2.71. The topological polar surface area (TPSA) is 92.8 Å². The molecular formula is C16H16N4O4. The Morgan fingerprint density at radius 1 is 0.750 bits per heavy atom. The molecule has 0 aromatic heterocycles. The molecule has 1 aliphatic heterocycles. The minimum atomic E-state index is -0.420. The maximum absolute atomic E-state index is 11.2. The van der Waals surface area contributed by atoms with Crippen LogP contribution in [-0.4, -0.2) is 36.0 Å². The molecule has 1 saturated heterocycles. The summed E-state index contributed by atoms with van der Waals surface area (Å²) in [5.41, 5.74) is 1.73. The van der Waals surface area contributed by atoms with Crippen molar-refractivity contribution in [2.24, 2.45) is 0 Å². The summed E-state index contributed by atoms with van der Waals surface area (Å²) >= 11 is 0. The van der Waals surface area contributed by atoms with Gasteiger partial charge in [0.15, 0.2) is 0 Å². The van der Waals surface area contributed by atoms with Gasteiger partial charge in [0.05, 0.1) is 9.85 Å². The molecule has 1 aliphatic rings. The van der Waals surface area contributed by atoms with E-state index in [0.29, 0.717) is 31.9 Å². The number of hydrogen-bond acceptors (Lipinski definition) is 6. The van der Waals surface area contributed by atoms with Gasteiger partial charge in [0, 0.05) is 50.1 Å². The Morgan fingerprint density at radius 2 is 1.33 bits per heavy atom. The number of nitrogens with zero attached hydrogens (tertiary/aromatic N) is 4. The van der Waals surface area contributed by atoms with Gasteiger partial charge >= 0.3 is 0 Å². The molecule has 2 aromatic rings. The van der Waals surface area contributed by atoms with Crippen molar-refractivity contribution < 1.29 is 9.85 Å². The zero-order valence-electron chi connectivity index (χ0n) is 12.9. The average Bonchev–Trinajstić information content (AvgIpc) is 2.62. The molecule has 0 N–H and O–H groups in total. The minimum Gasteiger partial charge on any atom is -0.368 e. The fourth-order valence-electron chi connectivity index (χ4n) is 2.88. The molecule has 0 saturated carbocycles. The summed E-state index contributed by atoms with van der Waals surface area (Å²) in [6.07, 6.45) is 0. The third-order valence-corrected chi connectivity index (χ3v) is 4.12. The second-order valence-corrected chi connectivity index (χ2v) is 5.49. The zero-order chi connectivity index (χ0) is 17.1. The van der Waals surface area contributed by atoms with Crippen molar-refractivity contribution in [3.63, 3.8) is 0 Å². The van der Waals surface area contributed by atoms with E-state index in [-0.39, 0.29) is 16.3 Å². The number of piperazine rings is 1. The van der Waals surface area contributed by atoms with E-state index in [1.54, 1.807) is 30.3 Å². The summed E-state index contributed by atoms with van der Waals surface area (Å²) in [5, 5.41) is 21.9. The van der Waals surface area contributed by atoms with Crippen molar-refractivity contribution in [1.29, 1.82) is 0 Å². The average molecular weight is 328 g/mol. The summed E-state index contributed by atoms with van der Waals surface area (Å²) < 4.78 is 0. The molecule has 0 bridgehead atoms. The number of para-hydroxylation sites is 2. The van der Waals surface area contributed by atoms with Crippen molar-refractivity contribution in [3.05, 3.63) is 68.8 Å². The third-order valence-electron chi connectivity index (χ3n) is 4.12. The first kappa shape index (κ1) is 15.7. The highest BCUT2D eigenvalue weighted by Gasteiger charge is 2.23. The van der Waals surface area contributed by atoms with Gasteiger partial charge in [-0.1, -0.05) is 12.1 Å². The molecule has 24 heavy (non-hydrogen) atoms. The van der Waals surface area contributed by atoms with E-state index in [9.17, 15) is 20.2 Å². The molecule has 124 valence electrons. The second-order valence-electron chi connectivity index (χ2n) is 5.49. The van der Waals surface area contributed by atoms with E-state index in [4.69, 9.17) is 0 Å². The first-order chi connectivity index (χ1) is 11.6. The number of rotatable bonds is 4. The van der Waals surface area contributed by atoms with Crippen LogP contribution in [0.4, 0.5) is 22.7 Å². The van der Waals surface area contributed by atoms with E-state index < -0.39 is 4.92 Å². The summed E-state index contributed by atoms with van der Waals surface area (Å²) in [6, 6.07) is 13.2. The van der Waals surface area contributed by atoms with Crippen LogP contribution in [0.2, 0.25) is 0 Å². The molecule has 0 aliphatic carbocycles. The highest BCUT2D eigenvalue weighted by atomic mass is 16.6. The largest absolute Gasteiger partial charge is 0.368 e. The monoisotopic (exact) mass is 328 g/mol. The van der Waals surface area contributed by atoms with E-state index >= 15 is 0 Å². The van der Waals surface area contributed by atoms with Gasteiger partial charge in [-0.05, 0) is 18.2 Å². The second kappa shape index (κ2) is 6.53. The number of hydrogen-bond donors (Lipinski definition) is 0. The van der Waals surface area contributed by atoms with Crippen LogP contribution in [0.3, 0.4) is 0 Å². The molecule has 3 rings (SSSR count). The van der Waals surface area contributed by atoms with Crippen molar-refractivity contribution in [2.75, 3.05) is 36.0 Å². The molecule has 8 nitrogen and oxygen atoms in total. The van der Waals surface area contributed by atoms with Crippen LogP contribution in [-0.2, 0) is 0 Å². The Kier molecular flexibility index (Phi) is 4.28. The van der Waals surface area contributed by atoms with E-state index in [1.165, 1.54) is 18.2 Å². The van der Waals surface area contributed by atoms with Crippen LogP contribution in [0, 0.1) is 20.2 Å². The van der Waals surface area contributed by atoms with Gasteiger partial charge in [-0.2, -0.15) is 0 Å². The van der Waals surface area contributed by atoms with E-state index in [0.717, 1.165) is 5.69 Å². The Hall–Kier alpha value is -3.16. The molecule has 0 unspecified atom stereocenters. The fourth-order valence-corrected chi connectivity index (χ4v) is 2.88. The Labute approximate surface area is 138 Å². The summed E-state index contributed by atoms with van der Waals surface area (Å²) in [4.78, 5) is 25.2. The third kappa shape index (κ3) is 3.12. The number of nitro benzene ring substituents is 2. The number of benzene rings is 2. The molecule has 1 fully saturated rings. The number of nitro groups is 2. The van der Waals surface area contributed by atoms with Gasteiger partial charge in [-0.3, -0.25) is 20.2 Å². The van der Waals surface area contributed by atoms with Gasteiger partial charge < -0.3 is 9.80 Å². The van der Waals surface area contributed by atoms with E-state index in [1.807, 2.05) is 4.90 Å². The van der Waals surface area contributed by atoms with Gasteiger partial charge in [0.2, 0.25) is 0 Å². The fraction of sp³-hybridized carbons (Fsp3) is 0.250. The SMILES string of the molecule is O=[N+]([O-])c1ccc(N2CCN(c3ccccc3[N+](=O)[O-])CC2)cc1. The lowest BCUT2D eigenvalue weighted by atomic mass is 10.2. The first-order valence-corrected chi connectivity index (χ1v) is 7.54. The lowest BCUT2D eigenvalue weighted by molar-refractivity contribution is -0.384. The molecule has 0 spiro atoms. The molecule has 0 atom stereocenters. The standard InChI is InChI=1S/C16H16N4O4/c21-19(22)14-7-5-13(6-8-14)17-9-11-18(12-10-17)15-3-1-2-4-16(15)20(23)24/h1-8H,9-12H2. The van der Waals surface area contributed by atoms with Crippen molar-refractivity contribution in [1.82, 2.24) is 0 Å². The van der Waals surface area contributed by atoms with Crippen LogP contribution in [0.1, 0.15) is 0 Å². The number of anilines is 2. The Morgan fingerprint density at radius 3 is 1.92 bits per heavy atom. The Bertz CT molecular complexity index is 755. The molecule has 2 aromatic carbocycles.